The van der Waals surface area contributed by atoms with E-state index >= 15 is 0 Å². The summed E-state index contributed by atoms with van der Waals surface area (Å²) in [6.07, 6.45) is -16.3. The predicted molar refractivity (Wildman–Crippen MR) is 296 cm³/mol. The molecule has 3 aromatic carbocycles. The average molecular weight is 1140 g/mol. The molecule has 20 N–H and O–H groups in total. The van der Waals surface area contributed by atoms with Crippen LogP contribution in [0.2, 0.25) is 0 Å². The highest BCUT2D eigenvalue weighted by molar-refractivity contribution is 5.87. The minimum absolute atomic E-state index is 0.0469. The fourth-order valence-corrected chi connectivity index (χ4v) is 11.5. The number of nitrogens with two attached hydrogens (primary N) is 6. The molecule has 7 heterocycles. The number of rotatable bonds is 19. The van der Waals surface area contributed by atoms with Gasteiger partial charge < -0.3 is 118 Å². The van der Waals surface area contributed by atoms with Crippen LogP contribution in [-0.4, -0.2) is 240 Å². The lowest BCUT2D eigenvalue weighted by atomic mass is 9.84. The molecule has 11 rings (SSSR count). The van der Waals surface area contributed by atoms with E-state index in [4.69, 9.17) is 77.5 Å². The number of ether oxygens (including phenoxy) is 7. The van der Waals surface area contributed by atoms with Gasteiger partial charge in [-0.1, -0.05) is 5.21 Å². The van der Waals surface area contributed by atoms with Crippen molar-refractivity contribution in [3.63, 3.8) is 0 Å². The Balaban J connectivity index is 0.698. The van der Waals surface area contributed by atoms with Crippen molar-refractivity contribution in [2.45, 2.75) is 149 Å². The second-order valence-corrected chi connectivity index (χ2v) is 22.2. The zero-order valence-corrected chi connectivity index (χ0v) is 45.4. The van der Waals surface area contributed by atoms with Crippen LogP contribution in [0.15, 0.2) is 66.9 Å². The smallest absolute Gasteiger partial charge is 0.187 e. The Hall–Kier alpha value is -5.42. The van der Waals surface area contributed by atoms with Crippen molar-refractivity contribution in [1.82, 2.24) is 39.8 Å². The first-order chi connectivity index (χ1) is 39.5. The average Bonchev–Trinajstić information content (AvgIpc) is 4.47. The molecule has 6 aromatic rings. The Morgan fingerprint density at radius 3 is 1.85 bits per heavy atom. The molecule has 5 aliphatic rings. The van der Waals surface area contributed by atoms with E-state index in [1.807, 2.05) is 36.4 Å². The molecule has 82 heavy (non-hydrogen) atoms. The maximum absolute atomic E-state index is 11.9. The summed E-state index contributed by atoms with van der Waals surface area (Å²) >= 11 is 0. The Morgan fingerprint density at radius 1 is 0.610 bits per heavy atom. The first-order valence-corrected chi connectivity index (χ1v) is 28.0. The van der Waals surface area contributed by atoms with E-state index < -0.39 is 116 Å². The Bertz CT molecular complexity index is 3050. The highest BCUT2D eigenvalue weighted by Gasteiger charge is 2.55. The summed E-state index contributed by atoms with van der Waals surface area (Å²) in [6, 6.07) is 16.0. The molecule has 0 spiro atoms. The van der Waals surface area contributed by atoms with Crippen LogP contribution in [0.25, 0.3) is 44.8 Å². The number of anilines is 1. The summed E-state index contributed by atoms with van der Waals surface area (Å²) in [4.78, 5) is 21.5. The Morgan fingerprint density at radius 2 is 1.20 bits per heavy atom. The highest BCUT2D eigenvalue weighted by Crippen LogP contribution is 2.36. The summed E-state index contributed by atoms with van der Waals surface area (Å²) < 4.78 is 44.4. The number of nitrogens with zero attached hydrogens (tertiary/aromatic N) is 7. The number of H-pyrrole nitrogens is 2. The van der Waals surface area contributed by atoms with Gasteiger partial charge in [-0.3, -0.25) is 0 Å². The number of piperazine rings is 1. The fraction of sp³-hybridized carbons (Fsp3) is 0.593. The number of likely N-dealkylation sites (N-methyl/N-ethyl adjacent to an activating group) is 1. The maximum atomic E-state index is 11.9. The first-order valence-electron chi connectivity index (χ1n) is 28.0. The van der Waals surface area contributed by atoms with Crippen LogP contribution in [0, 0.1) is 0 Å². The standard InChI is InChI=1S/C54H77N15O13/c1-67-13-15-68(16-14-67)28-8-12-33-35(19-28)64-51(62-33)26-7-11-32-34(18-26)63-50(61-32)25-5-9-29(10-6-25)76-17-3-2-4-27-23-69(66-65-27)24-38-48(81-53-40(60)45(74)43(72)37(22-56)78-53)46(75)54(79-38)82-49-41(70)30(57)20-31(58)47(49)80-52-39(59)44(73)42(71)36(21-55)77-52/h5-12,18-19,23,30-31,36-49,52-54,70-75H,2-4,13-17,20-22,24,55-60H2,1H3,(H,61,63)(H,62,64)/t30-,31+,36-,37+,38-,39-,40-,41+,42-,43-,44-,45-,46-,47-,48-,49-,52-,53-,54+/m1/s1. The maximum Gasteiger partial charge on any atom is 0.187 e. The second kappa shape index (κ2) is 25.0. The van der Waals surface area contributed by atoms with Gasteiger partial charge in [-0.2, -0.15) is 0 Å². The van der Waals surface area contributed by atoms with E-state index in [1.54, 1.807) is 6.20 Å². The third-order valence-corrected chi connectivity index (χ3v) is 16.5. The number of imidazole rings is 2. The molecular formula is C54H77N15O13. The van der Waals surface area contributed by atoms with Crippen molar-refractivity contribution in [3.05, 3.63) is 72.6 Å². The van der Waals surface area contributed by atoms with Crippen LogP contribution in [0.4, 0.5) is 5.69 Å². The Labute approximate surface area is 471 Å². The van der Waals surface area contributed by atoms with Crippen molar-refractivity contribution in [2.75, 3.05) is 57.8 Å². The minimum Gasteiger partial charge on any atom is -0.494 e. The van der Waals surface area contributed by atoms with E-state index in [0.29, 0.717) is 30.9 Å². The predicted octanol–water partition coefficient (Wildman–Crippen LogP) is -3.36. The van der Waals surface area contributed by atoms with Crippen molar-refractivity contribution in [2.24, 2.45) is 34.4 Å². The molecular weight excluding hydrogens is 1070 g/mol. The molecule has 4 aliphatic heterocycles. The summed E-state index contributed by atoms with van der Waals surface area (Å²) in [5.41, 5.74) is 44.4. The number of aryl methyl sites for hydroxylation is 1. The fourth-order valence-electron chi connectivity index (χ4n) is 11.5. The number of unbranched alkanes of at least 4 members (excludes halogenated alkanes) is 1. The van der Waals surface area contributed by atoms with Gasteiger partial charge in [0, 0.05) is 74.4 Å². The molecule has 0 unspecified atom stereocenters. The van der Waals surface area contributed by atoms with E-state index in [2.05, 4.69) is 61.4 Å². The third kappa shape index (κ3) is 12.2. The number of aliphatic hydroxyl groups is 6. The molecule has 0 amide bonds. The first kappa shape index (κ1) is 58.4. The SMILES string of the molecule is CN1CCN(c2ccc3nc(-c4ccc5nc(-c6ccc(OCCCCc7cn(C[C@H]8O[C@@H](O[C@@H]9[C@@H](O)[C@H](N)C[C@H](N)[C@H]9O[C@H]9O[C@H](CN)[C@@H](O)[C@H](O)[C@H]9N)[C@H](O)[C@@H]8O[C@H]8O[C@@H](CN)[C@@H](O)[C@H](O)[C@H]8N)nn7)cc6)[nH]c5c4)[nH]c3c2)CC1. The van der Waals surface area contributed by atoms with Crippen LogP contribution in [0.3, 0.4) is 0 Å². The number of hydrogen-bond donors (Lipinski definition) is 14. The van der Waals surface area contributed by atoms with Crippen LogP contribution in [0.1, 0.15) is 25.0 Å². The van der Waals surface area contributed by atoms with Gasteiger partial charge in [-0.15, -0.1) is 5.10 Å². The van der Waals surface area contributed by atoms with Crippen molar-refractivity contribution < 1.29 is 63.8 Å². The number of benzene rings is 3. The van der Waals surface area contributed by atoms with Crippen LogP contribution in [0.5, 0.6) is 5.75 Å². The van der Waals surface area contributed by atoms with Gasteiger partial charge in [0.15, 0.2) is 18.9 Å². The molecule has 0 bridgehead atoms. The largest absolute Gasteiger partial charge is 0.494 e. The quantitative estimate of drug-likeness (QED) is 0.0352. The number of fused-ring (bicyclic) bond motifs is 2. The van der Waals surface area contributed by atoms with Gasteiger partial charge in [0.25, 0.3) is 0 Å². The van der Waals surface area contributed by atoms with Crippen LogP contribution >= 0.6 is 0 Å². The van der Waals surface area contributed by atoms with E-state index in [1.165, 1.54) is 10.4 Å². The van der Waals surface area contributed by atoms with Crippen molar-refractivity contribution in [1.29, 1.82) is 0 Å². The van der Waals surface area contributed by atoms with Gasteiger partial charge in [-0.05, 0) is 93.4 Å². The summed E-state index contributed by atoms with van der Waals surface area (Å²) in [5, 5.41) is 74.6. The monoisotopic (exact) mass is 1140 g/mol. The van der Waals surface area contributed by atoms with Gasteiger partial charge in [-0.25, -0.2) is 14.6 Å². The van der Waals surface area contributed by atoms with Gasteiger partial charge in [0.05, 0.1) is 59.1 Å². The summed E-state index contributed by atoms with van der Waals surface area (Å²) in [7, 11) is 2.16. The lowest BCUT2D eigenvalue weighted by molar-refractivity contribution is -0.306. The van der Waals surface area contributed by atoms with E-state index in [9.17, 15) is 30.6 Å². The van der Waals surface area contributed by atoms with Crippen molar-refractivity contribution >= 4 is 27.8 Å². The van der Waals surface area contributed by atoms with Crippen LogP contribution < -0.4 is 44.0 Å². The normalized spacial score (nSPS) is 34.8. The molecule has 0 radical (unpaired) electrons. The zero-order chi connectivity index (χ0) is 57.5. The molecule has 5 fully saturated rings. The zero-order valence-electron chi connectivity index (χ0n) is 45.4. The topological polar surface area (TPSA) is 437 Å². The van der Waals surface area contributed by atoms with E-state index in [-0.39, 0.29) is 26.1 Å². The van der Waals surface area contributed by atoms with Crippen LogP contribution in [-0.2, 0) is 41.4 Å². The molecule has 28 nitrogen and oxygen atoms in total. The summed E-state index contributed by atoms with van der Waals surface area (Å²) in [5.74, 6) is 2.25. The molecule has 28 heteroatoms. The Kier molecular flexibility index (Phi) is 17.8. The van der Waals surface area contributed by atoms with Gasteiger partial charge in [0.2, 0.25) is 0 Å². The number of aromatic amines is 2. The lowest BCUT2D eigenvalue weighted by Crippen LogP contribution is -2.68. The summed E-state index contributed by atoms with van der Waals surface area (Å²) in [6.45, 7) is 4.13. The molecule has 19 atom stereocenters. The van der Waals surface area contributed by atoms with Gasteiger partial charge in [0.1, 0.15) is 84.5 Å². The van der Waals surface area contributed by atoms with Crippen molar-refractivity contribution in [3.8, 4) is 28.5 Å². The highest BCUT2D eigenvalue weighted by atomic mass is 16.8. The molecule has 3 aromatic heterocycles. The van der Waals surface area contributed by atoms with Gasteiger partial charge >= 0.3 is 0 Å². The van der Waals surface area contributed by atoms with E-state index in [0.717, 1.165) is 77.4 Å². The number of hydrogen-bond acceptors (Lipinski definition) is 25. The second-order valence-electron chi connectivity index (χ2n) is 22.2. The molecule has 4 saturated heterocycles. The minimum atomic E-state index is -1.62. The molecule has 1 saturated carbocycles. The third-order valence-electron chi connectivity index (χ3n) is 16.5. The number of nitrogens with one attached hydrogen (secondary N) is 2. The number of aliphatic hydroxyl groups excluding tert-OH is 6. The molecule has 446 valence electrons. The lowest BCUT2D eigenvalue weighted by Gasteiger charge is -2.47. The number of aromatic nitrogens is 7. The molecule has 1 aliphatic carbocycles.